The largest absolute Gasteiger partial charge is 0.508 e. The van der Waals surface area contributed by atoms with E-state index in [1.807, 2.05) is 26.0 Å². The molecular weight excluding hydrogens is 412 g/mol. The zero-order valence-electron chi connectivity index (χ0n) is 20.9. The van der Waals surface area contributed by atoms with Crippen molar-refractivity contribution in [1.82, 2.24) is 15.1 Å². The van der Waals surface area contributed by atoms with Gasteiger partial charge in [0.1, 0.15) is 17.4 Å². The first-order valence-corrected chi connectivity index (χ1v) is 12.4. The van der Waals surface area contributed by atoms with Crippen LogP contribution < -0.4 is 10.6 Å². The first kappa shape index (κ1) is 25.1. The van der Waals surface area contributed by atoms with Crippen LogP contribution in [0.1, 0.15) is 63.9 Å². The molecule has 1 aromatic carbocycles. The van der Waals surface area contributed by atoms with Crippen molar-refractivity contribution in [3.8, 4) is 5.75 Å². The fraction of sp³-hybridized carbons (Fsp3) is 0.615. The Morgan fingerprint density at radius 1 is 1.09 bits per heavy atom. The zero-order valence-corrected chi connectivity index (χ0v) is 20.9. The van der Waals surface area contributed by atoms with Gasteiger partial charge in [0.05, 0.1) is 0 Å². The molecule has 1 aliphatic heterocycles. The summed E-state index contributed by atoms with van der Waals surface area (Å²) in [6.07, 6.45) is 9.72. The van der Waals surface area contributed by atoms with E-state index in [9.17, 15) is 5.11 Å². The van der Waals surface area contributed by atoms with Gasteiger partial charge in [-0.1, -0.05) is 32.3 Å². The van der Waals surface area contributed by atoms with Gasteiger partial charge in [0.25, 0.3) is 0 Å². The number of aryl methyl sites for hydroxylation is 1. The number of aliphatic imine (C=N–C) groups is 2. The molecule has 3 rings (SSSR count). The third kappa shape index (κ3) is 7.77. The molecule has 0 radical (unpaired) electrons. The van der Waals surface area contributed by atoms with Crippen LogP contribution in [0, 0.1) is 6.92 Å². The molecular formula is C26H42N6O. The van der Waals surface area contributed by atoms with Gasteiger partial charge in [-0.3, -0.25) is 0 Å². The van der Waals surface area contributed by atoms with Crippen molar-refractivity contribution in [2.75, 3.05) is 32.5 Å². The lowest BCUT2D eigenvalue weighted by Gasteiger charge is -2.35. The number of hydrogen-bond donors (Lipinski definition) is 3. The van der Waals surface area contributed by atoms with E-state index in [0.717, 1.165) is 43.0 Å². The Kier molecular flexibility index (Phi) is 9.18. The van der Waals surface area contributed by atoms with Crippen molar-refractivity contribution in [1.29, 1.82) is 0 Å². The monoisotopic (exact) mass is 454 g/mol. The quantitative estimate of drug-likeness (QED) is 0.260. The average molecular weight is 455 g/mol. The maximum Gasteiger partial charge on any atom is 0.228 e. The van der Waals surface area contributed by atoms with Crippen LogP contribution in [-0.4, -0.2) is 66.0 Å². The zero-order chi connectivity index (χ0) is 23.8. The smallest absolute Gasteiger partial charge is 0.228 e. The summed E-state index contributed by atoms with van der Waals surface area (Å²) in [5.74, 6) is 2.41. The van der Waals surface area contributed by atoms with E-state index in [4.69, 9.17) is 9.98 Å². The molecule has 0 amide bonds. The van der Waals surface area contributed by atoms with Gasteiger partial charge in [-0.15, -0.1) is 0 Å². The topological polar surface area (TPSA) is 75.5 Å². The van der Waals surface area contributed by atoms with Crippen molar-refractivity contribution in [2.24, 2.45) is 9.98 Å². The first-order chi connectivity index (χ1) is 15.8. The third-order valence-electron chi connectivity index (χ3n) is 6.80. The number of nitrogens with one attached hydrogen (secondary N) is 2. The van der Waals surface area contributed by atoms with Crippen LogP contribution in [0.15, 0.2) is 40.6 Å². The Morgan fingerprint density at radius 3 is 2.39 bits per heavy atom. The van der Waals surface area contributed by atoms with Crippen molar-refractivity contribution in [2.45, 2.75) is 77.3 Å². The van der Waals surface area contributed by atoms with Crippen LogP contribution in [0.4, 0.5) is 5.69 Å². The van der Waals surface area contributed by atoms with Gasteiger partial charge in [-0.2, -0.15) is 4.99 Å². The minimum absolute atomic E-state index is 0.292. The molecule has 7 heteroatoms. The fourth-order valence-corrected chi connectivity index (χ4v) is 4.66. The second-order valence-corrected chi connectivity index (χ2v) is 9.66. The summed E-state index contributed by atoms with van der Waals surface area (Å²) in [6.45, 7) is 10.2. The summed E-state index contributed by atoms with van der Waals surface area (Å²) in [6, 6.07) is 6.31. The standard InChI is InChI=1S/C26H42N6O/c1-19-18-23(12-13-25(19)33)28-21(3)30-26(32(5)24-14-16-31(4)17-15-24)29-20(2)27-22-10-8-6-7-9-11-22/h12-13,18,22,24,27,33H,2,6-11,14-17H2,1,3-5H3,(H,28,29,30). The summed E-state index contributed by atoms with van der Waals surface area (Å²) in [7, 11) is 4.27. The highest BCUT2D eigenvalue weighted by atomic mass is 16.3. The summed E-state index contributed by atoms with van der Waals surface area (Å²) in [5.41, 5.74) is 1.72. The second kappa shape index (κ2) is 12.1. The summed E-state index contributed by atoms with van der Waals surface area (Å²) < 4.78 is 0. The molecule has 0 spiro atoms. The Balaban J connectivity index is 1.77. The number of phenolic OH excluding ortho intramolecular Hbond substituents is 1. The van der Waals surface area contributed by atoms with Crippen molar-refractivity contribution < 1.29 is 5.11 Å². The van der Waals surface area contributed by atoms with Gasteiger partial charge in [-0.05, 0) is 83.4 Å². The molecule has 0 atom stereocenters. The van der Waals surface area contributed by atoms with E-state index in [-0.39, 0.29) is 0 Å². The number of guanidine groups is 1. The normalized spacial score (nSPS) is 19.8. The lowest BCUT2D eigenvalue weighted by molar-refractivity contribution is 0.191. The molecule has 2 fully saturated rings. The number of piperidine rings is 1. The molecule has 1 saturated heterocycles. The Bertz CT molecular complexity index is 848. The lowest BCUT2D eigenvalue weighted by atomic mass is 10.0. The first-order valence-electron chi connectivity index (χ1n) is 12.4. The van der Waals surface area contributed by atoms with Crippen molar-refractivity contribution in [3.63, 3.8) is 0 Å². The van der Waals surface area contributed by atoms with E-state index in [2.05, 4.69) is 41.1 Å². The van der Waals surface area contributed by atoms with Gasteiger partial charge in [-0.25, -0.2) is 4.99 Å². The number of nitrogens with zero attached hydrogens (tertiary/aromatic N) is 4. The molecule has 1 aliphatic carbocycles. The van der Waals surface area contributed by atoms with Crippen molar-refractivity contribution in [3.05, 3.63) is 36.2 Å². The van der Waals surface area contributed by atoms with Crippen molar-refractivity contribution >= 4 is 17.5 Å². The summed E-state index contributed by atoms with van der Waals surface area (Å²) >= 11 is 0. The highest BCUT2D eigenvalue weighted by molar-refractivity contribution is 6.02. The van der Waals surface area contributed by atoms with Gasteiger partial charge >= 0.3 is 0 Å². The maximum atomic E-state index is 9.81. The lowest BCUT2D eigenvalue weighted by Crippen LogP contribution is -2.44. The fourth-order valence-electron chi connectivity index (χ4n) is 4.66. The molecule has 0 unspecified atom stereocenters. The minimum Gasteiger partial charge on any atom is -0.508 e. The van der Waals surface area contributed by atoms with E-state index < -0.39 is 0 Å². The molecule has 182 valence electrons. The van der Waals surface area contributed by atoms with Crippen LogP contribution in [0.3, 0.4) is 0 Å². The number of benzene rings is 1. The maximum absolute atomic E-state index is 9.81. The molecule has 33 heavy (non-hydrogen) atoms. The molecule has 1 saturated carbocycles. The van der Waals surface area contributed by atoms with Crippen LogP contribution >= 0.6 is 0 Å². The number of anilines is 1. The SMILES string of the molecule is C=C(/N=C(\N=C(/C)Nc1ccc(O)c(C)c1)N(C)C1CCN(C)CC1)NC1CCCCCC1. The van der Waals surface area contributed by atoms with E-state index >= 15 is 0 Å². The second-order valence-electron chi connectivity index (χ2n) is 9.66. The number of hydrogen-bond acceptors (Lipinski definition) is 4. The number of amidine groups is 1. The Morgan fingerprint density at radius 2 is 1.76 bits per heavy atom. The average Bonchev–Trinajstić information content (AvgIpc) is 3.04. The molecule has 3 N–H and O–H groups in total. The van der Waals surface area contributed by atoms with Crippen LogP contribution in [0.2, 0.25) is 0 Å². The van der Waals surface area contributed by atoms with Gasteiger partial charge < -0.3 is 25.5 Å². The van der Waals surface area contributed by atoms with E-state index in [0.29, 0.717) is 29.6 Å². The predicted molar refractivity (Wildman–Crippen MR) is 139 cm³/mol. The number of aromatic hydroxyl groups is 1. The van der Waals surface area contributed by atoms with Crippen LogP contribution in [-0.2, 0) is 0 Å². The Hall–Kier alpha value is -2.54. The summed E-state index contributed by atoms with van der Waals surface area (Å²) in [5, 5.41) is 16.7. The summed E-state index contributed by atoms with van der Waals surface area (Å²) in [4.78, 5) is 14.3. The third-order valence-corrected chi connectivity index (χ3v) is 6.80. The van der Waals surface area contributed by atoms with Crippen LogP contribution in [0.25, 0.3) is 0 Å². The molecule has 0 bridgehead atoms. The number of likely N-dealkylation sites (tertiary alicyclic amines) is 1. The Labute approximate surface area is 199 Å². The number of phenols is 1. The van der Waals surface area contributed by atoms with Gasteiger partial charge in [0.15, 0.2) is 0 Å². The van der Waals surface area contributed by atoms with Gasteiger partial charge in [0, 0.05) is 24.8 Å². The highest BCUT2D eigenvalue weighted by Gasteiger charge is 2.23. The van der Waals surface area contributed by atoms with Crippen LogP contribution in [0.5, 0.6) is 5.75 Å². The molecule has 7 nitrogen and oxygen atoms in total. The molecule has 2 aliphatic rings. The molecule has 1 aromatic rings. The van der Waals surface area contributed by atoms with Gasteiger partial charge in [0.2, 0.25) is 5.96 Å². The van der Waals surface area contributed by atoms with E-state index in [1.54, 1.807) is 6.07 Å². The van der Waals surface area contributed by atoms with E-state index in [1.165, 1.54) is 38.5 Å². The highest BCUT2D eigenvalue weighted by Crippen LogP contribution is 2.21. The molecule has 0 aromatic heterocycles. The predicted octanol–water partition coefficient (Wildman–Crippen LogP) is 4.70. The number of rotatable bonds is 5. The minimum atomic E-state index is 0.292. The molecule has 1 heterocycles.